The number of carbonyl (C=O) groups excluding carboxylic acids is 1. The molecule has 1 aromatic heterocycles. The Bertz CT molecular complexity index is 1230. The zero-order valence-electron chi connectivity index (χ0n) is 19.8. The minimum absolute atomic E-state index is 0.101. The number of anilines is 1. The Morgan fingerprint density at radius 2 is 1.80 bits per heavy atom. The molecule has 3 heterocycles. The van der Waals surface area contributed by atoms with E-state index in [2.05, 4.69) is 27.0 Å². The van der Waals surface area contributed by atoms with Crippen molar-refractivity contribution in [2.45, 2.75) is 6.92 Å². The van der Waals surface area contributed by atoms with E-state index in [-0.39, 0.29) is 24.0 Å². The van der Waals surface area contributed by atoms with E-state index in [4.69, 9.17) is 5.41 Å². The molecule has 0 radical (unpaired) electrons. The fourth-order valence-electron chi connectivity index (χ4n) is 4.56. The lowest BCUT2D eigenvalue weighted by atomic mass is 10.1. The predicted octanol–water partition coefficient (Wildman–Crippen LogP) is 3.43. The highest BCUT2D eigenvalue weighted by Gasteiger charge is 2.31. The van der Waals surface area contributed by atoms with Crippen molar-refractivity contribution in [1.82, 2.24) is 20.1 Å². The number of nitrogens with zero attached hydrogens (tertiary/aromatic N) is 4. The molecule has 8 nitrogen and oxygen atoms in total. The molecule has 1 amide bonds. The fourth-order valence-corrected chi connectivity index (χ4v) is 5.59. The van der Waals surface area contributed by atoms with Crippen LogP contribution in [0, 0.1) is 5.41 Å². The molecule has 0 saturated carbocycles. The highest BCUT2D eigenvalue weighted by atomic mass is 32.1. The van der Waals surface area contributed by atoms with Crippen LogP contribution < -0.4 is 10.2 Å². The molecule has 9 heteroatoms. The Hall–Kier alpha value is -3.27. The van der Waals surface area contributed by atoms with E-state index < -0.39 is 0 Å². The molecule has 2 aliphatic heterocycles. The summed E-state index contributed by atoms with van der Waals surface area (Å²) in [4.78, 5) is 23.8. The number of aliphatic hydroxyl groups excluding tert-OH is 1. The van der Waals surface area contributed by atoms with Gasteiger partial charge in [-0.15, -0.1) is 11.3 Å². The number of hydrogen-bond donors (Lipinski definition) is 3. The van der Waals surface area contributed by atoms with Crippen LogP contribution in [0.2, 0.25) is 0 Å². The molecule has 0 unspecified atom stereocenters. The Labute approximate surface area is 209 Å². The van der Waals surface area contributed by atoms with Crippen LogP contribution in [0.25, 0.3) is 15.8 Å². The summed E-state index contributed by atoms with van der Waals surface area (Å²) in [6.07, 6.45) is 0. The van der Waals surface area contributed by atoms with Crippen molar-refractivity contribution < 1.29 is 9.90 Å². The number of aromatic nitrogens is 1. The Morgan fingerprint density at radius 3 is 2.51 bits per heavy atom. The number of aliphatic hydroxyl groups is 1. The van der Waals surface area contributed by atoms with Gasteiger partial charge in [-0.1, -0.05) is 19.1 Å². The summed E-state index contributed by atoms with van der Waals surface area (Å²) in [5, 5.41) is 23.0. The number of para-hydroxylation sites is 1. The maximum atomic E-state index is 12.6. The van der Waals surface area contributed by atoms with E-state index in [1.165, 1.54) is 11.3 Å². The highest BCUT2D eigenvalue weighted by Crippen LogP contribution is 2.35. The lowest BCUT2D eigenvalue weighted by molar-refractivity contribution is 0.0938. The molecule has 35 heavy (non-hydrogen) atoms. The molecule has 1 saturated heterocycles. The number of thiazole rings is 1. The average molecular weight is 491 g/mol. The van der Waals surface area contributed by atoms with Gasteiger partial charge in [-0.3, -0.25) is 15.1 Å². The SMILES string of the molecule is CCN1CCN(CCNC(=O)c2ccc(N3CC(O)=C(c4nc5ccccc5s4)C3=N)cc2)CC1. The van der Waals surface area contributed by atoms with Crippen molar-refractivity contribution >= 4 is 44.6 Å². The molecule has 5 rings (SSSR count). The van der Waals surface area contributed by atoms with E-state index in [9.17, 15) is 9.90 Å². The van der Waals surface area contributed by atoms with Crippen molar-refractivity contribution in [3.63, 3.8) is 0 Å². The first-order valence-electron chi connectivity index (χ1n) is 12.0. The van der Waals surface area contributed by atoms with Crippen molar-refractivity contribution in [1.29, 1.82) is 5.41 Å². The van der Waals surface area contributed by atoms with Gasteiger partial charge >= 0.3 is 0 Å². The van der Waals surface area contributed by atoms with Crippen LogP contribution in [-0.2, 0) is 0 Å². The topological polar surface area (TPSA) is 95.8 Å². The van der Waals surface area contributed by atoms with E-state index in [0.717, 1.165) is 55.2 Å². The Balaban J connectivity index is 1.18. The van der Waals surface area contributed by atoms with E-state index in [1.54, 1.807) is 17.0 Å². The number of nitrogens with one attached hydrogen (secondary N) is 2. The molecule has 182 valence electrons. The quantitative estimate of drug-likeness (QED) is 0.470. The predicted molar refractivity (Wildman–Crippen MR) is 142 cm³/mol. The summed E-state index contributed by atoms with van der Waals surface area (Å²) in [5.41, 5.74) is 2.66. The third-order valence-corrected chi connectivity index (χ3v) is 7.73. The summed E-state index contributed by atoms with van der Waals surface area (Å²) in [5.74, 6) is 0.244. The van der Waals surface area contributed by atoms with Crippen molar-refractivity contribution in [3.05, 3.63) is 64.9 Å². The first-order chi connectivity index (χ1) is 17.0. The monoisotopic (exact) mass is 490 g/mol. The summed E-state index contributed by atoms with van der Waals surface area (Å²) in [6.45, 7) is 9.22. The van der Waals surface area contributed by atoms with Gasteiger partial charge in [0.05, 0.1) is 22.3 Å². The number of carbonyl (C=O) groups is 1. The summed E-state index contributed by atoms with van der Waals surface area (Å²) in [7, 11) is 0. The fraction of sp³-hybridized carbons (Fsp3) is 0.346. The average Bonchev–Trinajstić information content (AvgIpc) is 3.44. The normalized spacial score (nSPS) is 17.5. The van der Waals surface area contributed by atoms with Crippen LogP contribution in [-0.4, -0.2) is 84.0 Å². The summed E-state index contributed by atoms with van der Waals surface area (Å²) < 4.78 is 1.02. The van der Waals surface area contributed by atoms with Crippen LogP contribution in [0.3, 0.4) is 0 Å². The van der Waals surface area contributed by atoms with Gasteiger partial charge in [-0.2, -0.15) is 0 Å². The molecule has 0 spiro atoms. The molecular formula is C26H30N6O2S. The highest BCUT2D eigenvalue weighted by molar-refractivity contribution is 7.19. The van der Waals surface area contributed by atoms with E-state index in [1.807, 2.05) is 36.4 Å². The molecule has 2 aliphatic rings. The maximum Gasteiger partial charge on any atom is 0.251 e. The van der Waals surface area contributed by atoms with Crippen LogP contribution in [0.4, 0.5) is 5.69 Å². The Morgan fingerprint density at radius 1 is 1.09 bits per heavy atom. The summed E-state index contributed by atoms with van der Waals surface area (Å²) >= 11 is 1.47. The number of amides is 1. The molecule has 0 bridgehead atoms. The van der Waals surface area contributed by atoms with Gasteiger partial charge in [0, 0.05) is 50.5 Å². The number of amidine groups is 1. The number of likely N-dealkylation sites (N-methyl/N-ethyl adjacent to an activating group) is 1. The molecule has 0 aliphatic carbocycles. The van der Waals surface area contributed by atoms with E-state index >= 15 is 0 Å². The van der Waals surface area contributed by atoms with Crippen molar-refractivity contribution in [2.75, 3.05) is 57.3 Å². The van der Waals surface area contributed by atoms with Gasteiger partial charge in [0.15, 0.2) is 0 Å². The third-order valence-electron chi connectivity index (χ3n) is 6.68. The zero-order valence-corrected chi connectivity index (χ0v) is 20.6. The summed E-state index contributed by atoms with van der Waals surface area (Å²) in [6, 6.07) is 15.0. The Kier molecular flexibility index (Phi) is 6.81. The molecule has 3 N–H and O–H groups in total. The molecular weight excluding hydrogens is 460 g/mol. The van der Waals surface area contributed by atoms with Crippen LogP contribution in [0.15, 0.2) is 54.3 Å². The first-order valence-corrected chi connectivity index (χ1v) is 12.8. The minimum Gasteiger partial charge on any atom is -0.510 e. The van der Waals surface area contributed by atoms with E-state index in [0.29, 0.717) is 22.7 Å². The van der Waals surface area contributed by atoms with Crippen LogP contribution in [0.5, 0.6) is 0 Å². The largest absolute Gasteiger partial charge is 0.510 e. The van der Waals surface area contributed by atoms with Gasteiger partial charge < -0.3 is 20.2 Å². The maximum absolute atomic E-state index is 12.6. The molecule has 2 aromatic carbocycles. The van der Waals surface area contributed by atoms with Gasteiger partial charge in [0.2, 0.25) is 0 Å². The lowest BCUT2D eigenvalue weighted by Crippen LogP contribution is -2.48. The number of fused-ring (bicyclic) bond motifs is 1. The van der Waals surface area contributed by atoms with Crippen molar-refractivity contribution in [2.24, 2.45) is 0 Å². The second-order valence-electron chi connectivity index (χ2n) is 8.82. The van der Waals surface area contributed by atoms with Crippen LogP contribution in [0.1, 0.15) is 22.3 Å². The standard InChI is InChI=1S/C26H30N6O2S/c1-2-30-13-15-31(16-14-30)12-11-28-25(34)18-7-9-19(10-8-18)32-17-21(33)23(24(32)27)26-29-20-5-3-4-6-22(20)35-26/h3-10,27,33H,2,11-17H2,1H3,(H,28,34). The minimum atomic E-state index is -0.101. The zero-order chi connectivity index (χ0) is 24.4. The number of hydrogen-bond acceptors (Lipinski definition) is 7. The van der Waals surface area contributed by atoms with Gasteiger partial charge in [0.25, 0.3) is 5.91 Å². The van der Waals surface area contributed by atoms with Gasteiger partial charge in [-0.05, 0) is 42.9 Å². The molecule has 1 fully saturated rings. The number of benzene rings is 2. The smallest absolute Gasteiger partial charge is 0.251 e. The second kappa shape index (κ2) is 10.2. The third kappa shape index (κ3) is 4.93. The van der Waals surface area contributed by atoms with Gasteiger partial charge in [-0.25, -0.2) is 4.98 Å². The first kappa shape index (κ1) is 23.5. The number of rotatable bonds is 7. The number of piperazine rings is 1. The van der Waals surface area contributed by atoms with Crippen molar-refractivity contribution in [3.8, 4) is 0 Å². The van der Waals surface area contributed by atoms with Gasteiger partial charge in [0.1, 0.15) is 16.6 Å². The van der Waals surface area contributed by atoms with Crippen LogP contribution >= 0.6 is 11.3 Å². The second-order valence-corrected chi connectivity index (χ2v) is 9.85. The lowest BCUT2D eigenvalue weighted by Gasteiger charge is -2.33. The molecule has 3 aromatic rings. The molecule has 0 atom stereocenters.